The van der Waals surface area contributed by atoms with Crippen molar-refractivity contribution in [2.75, 3.05) is 49.7 Å². The van der Waals surface area contributed by atoms with Gasteiger partial charge < -0.3 is 21.1 Å². The molecule has 0 spiro atoms. The van der Waals surface area contributed by atoms with Crippen molar-refractivity contribution in [3.05, 3.63) is 12.3 Å². The maximum Gasteiger partial charge on any atom is 0.243 e. The summed E-state index contributed by atoms with van der Waals surface area (Å²) in [5.74, 6) is 0.272. The molecule has 0 radical (unpaired) electrons. The first-order valence-electron chi connectivity index (χ1n) is 6.61. The zero-order valence-electron chi connectivity index (χ0n) is 11.9. The molecule has 7 nitrogen and oxygen atoms in total. The molecule has 1 amide bonds. The third kappa shape index (κ3) is 3.00. The molecular weight excluding hydrogens is 258 g/mol. The number of carbonyl (C=O) groups is 1. The Morgan fingerprint density at radius 2 is 2.10 bits per heavy atom. The van der Waals surface area contributed by atoms with Gasteiger partial charge in [-0.05, 0) is 13.0 Å². The minimum atomic E-state index is -0.206. The Kier molecular flexibility index (Phi) is 4.41. The Hall–Kier alpha value is -1.86. The number of likely N-dealkylation sites (N-methyl/N-ethyl adjacent to an activating group) is 1. The number of ether oxygens (including phenoxy) is 1. The summed E-state index contributed by atoms with van der Waals surface area (Å²) < 4.78 is 5.30. The summed E-state index contributed by atoms with van der Waals surface area (Å²) in [6.07, 6.45) is 1.55. The van der Waals surface area contributed by atoms with Crippen molar-refractivity contribution in [1.29, 1.82) is 0 Å². The zero-order chi connectivity index (χ0) is 14.7. The van der Waals surface area contributed by atoms with Gasteiger partial charge in [-0.3, -0.25) is 9.69 Å². The van der Waals surface area contributed by atoms with Gasteiger partial charge in [0, 0.05) is 20.1 Å². The topological polar surface area (TPSA) is 97.7 Å². The van der Waals surface area contributed by atoms with Gasteiger partial charge in [-0.2, -0.15) is 0 Å². The molecule has 0 aliphatic carbocycles. The maximum absolute atomic E-state index is 12.5. The summed E-state index contributed by atoms with van der Waals surface area (Å²) in [5.41, 5.74) is 12.3. The minimum absolute atomic E-state index is 0.00197. The Labute approximate surface area is 118 Å². The van der Waals surface area contributed by atoms with Crippen LogP contribution >= 0.6 is 0 Å². The number of rotatable bonds is 3. The summed E-state index contributed by atoms with van der Waals surface area (Å²) in [4.78, 5) is 20.1. The van der Waals surface area contributed by atoms with Crippen molar-refractivity contribution in [1.82, 2.24) is 9.88 Å². The van der Waals surface area contributed by atoms with Crippen LogP contribution in [0, 0.1) is 0 Å². The van der Waals surface area contributed by atoms with Crippen LogP contribution in [0.25, 0.3) is 0 Å². The Morgan fingerprint density at radius 3 is 2.70 bits per heavy atom. The molecule has 110 valence electrons. The van der Waals surface area contributed by atoms with E-state index in [0.29, 0.717) is 24.6 Å². The Morgan fingerprint density at radius 1 is 1.45 bits per heavy atom. The van der Waals surface area contributed by atoms with Gasteiger partial charge in [-0.25, -0.2) is 4.98 Å². The second-order valence-electron chi connectivity index (χ2n) is 4.89. The quantitative estimate of drug-likeness (QED) is 0.803. The van der Waals surface area contributed by atoms with E-state index in [4.69, 9.17) is 16.2 Å². The van der Waals surface area contributed by atoms with Crippen molar-refractivity contribution in [2.45, 2.75) is 13.0 Å². The highest BCUT2D eigenvalue weighted by molar-refractivity contribution is 5.96. The van der Waals surface area contributed by atoms with Gasteiger partial charge in [0.1, 0.15) is 5.82 Å². The fraction of sp³-hybridized carbons (Fsp3) is 0.538. The number of morpholine rings is 1. The molecule has 1 saturated heterocycles. The first kappa shape index (κ1) is 14.5. The number of carbonyl (C=O) groups excluding carboxylic acids is 1. The van der Waals surface area contributed by atoms with Gasteiger partial charge in [0.15, 0.2) is 0 Å². The lowest BCUT2D eigenvalue weighted by molar-refractivity contribution is -0.124. The SMILES string of the molecule is CC(C(=O)N(C)c1cnc(N)c(N)c1)N1CCOCC1. The van der Waals surface area contributed by atoms with Gasteiger partial charge >= 0.3 is 0 Å². The normalized spacial score (nSPS) is 17.7. The van der Waals surface area contributed by atoms with Crippen LogP contribution in [0.4, 0.5) is 17.2 Å². The molecule has 7 heteroatoms. The highest BCUT2D eigenvalue weighted by Gasteiger charge is 2.26. The standard InChI is InChI=1S/C13H21N5O2/c1-9(18-3-5-20-6-4-18)13(19)17(2)10-7-11(14)12(15)16-8-10/h7-9H,3-6,14H2,1-2H3,(H2,15,16). The number of amides is 1. The summed E-state index contributed by atoms with van der Waals surface area (Å²) in [6.45, 7) is 4.76. The highest BCUT2D eigenvalue weighted by Crippen LogP contribution is 2.20. The fourth-order valence-electron chi connectivity index (χ4n) is 2.19. The minimum Gasteiger partial charge on any atom is -0.396 e. The second kappa shape index (κ2) is 6.06. The van der Waals surface area contributed by atoms with E-state index in [-0.39, 0.29) is 17.8 Å². The van der Waals surface area contributed by atoms with Crippen LogP contribution in [-0.2, 0) is 9.53 Å². The third-order valence-corrected chi connectivity index (χ3v) is 3.60. The number of nitrogens with zero attached hydrogens (tertiary/aromatic N) is 3. The second-order valence-corrected chi connectivity index (χ2v) is 4.89. The van der Waals surface area contributed by atoms with Crippen LogP contribution in [0.1, 0.15) is 6.92 Å². The third-order valence-electron chi connectivity index (χ3n) is 3.60. The molecule has 1 aromatic heterocycles. The largest absolute Gasteiger partial charge is 0.396 e. The lowest BCUT2D eigenvalue weighted by Gasteiger charge is -2.33. The number of hydrogen-bond acceptors (Lipinski definition) is 6. The molecule has 2 rings (SSSR count). The number of anilines is 3. The van der Waals surface area contributed by atoms with E-state index < -0.39 is 0 Å². The average molecular weight is 279 g/mol. The van der Waals surface area contributed by atoms with Crippen molar-refractivity contribution in [2.24, 2.45) is 0 Å². The van der Waals surface area contributed by atoms with Crippen LogP contribution in [0.15, 0.2) is 12.3 Å². The number of aromatic nitrogens is 1. The van der Waals surface area contributed by atoms with Crippen LogP contribution in [0.5, 0.6) is 0 Å². The smallest absolute Gasteiger partial charge is 0.243 e. The molecule has 1 aliphatic heterocycles. The fourth-order valence-corrected chi connectivity index (χ4v) is 2.19. The molecule has 0 aromatic carbocycles. The number of nitrogens with two attached hydrogens (primary N) is 2. The predicted octanol–water partition coefficient (Wildman–Crippen LogP) is -0.0705. The molecule has 1 aliphatic rings. The zero-order valence-corrected chi connectivity index (χ0v) is 11.9. The van der Waals surface area contributed by atoms with Gasteiger partial charge in [-0.15, -0.1) is 0 Å². The van der Waals surface area contributed by atoms with Crippen molar-refractivity contribution in [3.63, 3.8) is 0 Å². The lowest BCUT2D eigenvalue weighted by atomic mass is 10.2. The van der Waals surface area contributed by atoms with Gasteiger partial charge in [0.2, 0.25) is 5.91 Å². The van der Waals surface area contributed by atoms with E-state index in [1.54, 1.807) is 24.2 Å². The maximum atomic E-state index is 12.5. The number of nitrogen functional groups attached to an aromatic ring is 2. The van der Waals surface area contributed by atoms with E-state index >= 15 is 0 Å². The summed E-state index contributed by atoms with van der Waals surface area (Å²) in [7, 11) is 1.71. The molecular formula is C13H21N5O2. The van der Waals surface area contributed by atoms with Crippen LogP contribution in [-0.4, -0.2) is 55.2 Å². The molecule has 0 saturated carbocycles. The Balaban J connectivity index is 2.08. The van der Waals surface area contributed by atoms with Gasteiger partial charge in [0.25, 0.3) is 0 Å². The first-order chi connectivity index (χ1) is 9.50. The molecule has 2 heterocycles. The molecule has 0 bridgehead atoms. The summed E-state index contributed by atoms with van der Waals surface area (Å²) in [6, 6.07) is 1.45. The lowest BCUT2D eigenvalue weighted by Crippen LogP contribution is -2.50. The molecule has 4 N–H and O–H groups in total. The van der Waals surface area contributed by atoms with E-state index in [9.17, 15) is 4.79 Å². The van der Waals surface area contributed by atoms with Gasteiger partial charge in [-0.1, -0.05) is 0 Å². The number of pyridine rings is 1. The molecule has 1 fully saturated rings. The summed E-state index contributed by atoms with van der Waals surface area (Å²) >= 11 is 0. The highest BCUT2D eigenvalue weighted by atomic mass is 16.5. The predicted molar refractivity (Wildman–Crippen MR) is 78.3 cm³/mol. The van der Waals surface area contributed by atoms with Crippen LogP contribution in [0.3, 0.4) is 0 Å². The van der Waals surface area contributed by atoms with Crippen LogP contribution < -0.4 is 16.4 Å². The van der Waals surface area contributed by atoms with Crippen molar-refractivity contribution < 1.29 is 9.53 Å². The van der Waals surface area contributed by atoms with Crippen molar-refractivity contribution in [3.8, 4) is 0 Å². The van der Waals surface area contributed by atoms with E-state index in [1.165, 1.54) is 0 Å². The molecule has 1 aromatic rings. The Bertz CT molecular complexity index is 488. The summed E-state index contributed by atoms with van der Waals surface area (Å²) in [5, 5.41) is 0. The van der Waals surface area contributed by atoms with Gasteiger partial charge in [0.05, 0.1) is 36.8 Å². The van der Waals surface area contributed by atoms with E-state index in [0.717, 1.165) is 13.1 Å². The molecule has 1 atom stereocenters. The number of hydrogen-bond donors (Lipinski definition) is 2. The van der Waals surface area contributed by atoms with Crippen LogP contribution in [0.2, 0.25) is 0 Å². The van der Waals surface area contributed by atoms with E-state index in [1.807, 2.05) is 6.92 Å². The van der Waals surface area contributed by atoms with Crippen molar-refractivity contribution >= 4 is 23.1 Å². The van der Waals surface area contributed by atoms with E-state index in [2.05, 4.69) is 9.88 Å². The molecule has 20 heavy (non-hydrogen) atoms. The monoisotopic (exact) mass is 279 g/mol. The first-order valence-corrected chi connectivity index (χ1v) is 6.61. The molecule has 1 unspecified atom stereocenters. The average Bonchev–Trinajstić information content (AvgIpc) is 2.48.